The Morgan fingerprint density at radius 2 is 2.05 bits per heavy atom. The first-order valence-electron chi connectivity index (χ1n) is 7.60. The number of pyridine rings is 1. The third-order valence-electron chi connectivity index (χ3n) is 4.64. The van der Waals surface area contributed by atoms with Gasteiger partial charge in [-0.3, -0.25) is 0 Å². The second-order valence-electron chi connectivity index (χ2n) is 5.91. The molecule has 0 aliphatic heterocycles. The van der Waals surface area contributed by atoms with Crippen molar-refractivity contribution in [3.63, 3.8) is 0 Å². The predicted octanol–water partition coefficient (Wildman–Crippen LogP) is 3.65. The third-order valence-corrected chi connectivity index (χ3v) is 4.64. The number of aromatic nitrogens is 2. The number of hydrogen-bond acceptors (Lipinski definition) is 2. The van der Waals surface area contributed by atoms with Gasteiger partial charge in [0.15, 0.2) is 0 Å². The van der Waals surface area contributed by atoms with Crippen LogP contribution in [0.25, 0.3) is 5.52 Å². The molecule has 1 fully saturated rings. The standard InChI is InChI=1S/C18H19N3/c19-18(16-12-20-21-10-2-1-9-17(16)21)15-8-4-7-14(11-15)13-5-3-6-13/h1-2,4,7-13,18H,3,5-6,19H2. The number of nitrogens with zero attached hydrogens (tertiary/aromatic N) is 2. The Kier molecular flexibility index (Phi) is 3.00. The molecule has 0 bridgehead atoms. The first-order valence-corrected chi connectivity index (χ1v) is 7.60. The monoisotopic (exact) mass is 277 g/mol. The molecule has 0 saturated heterocycles. The Hall–Kier alpha value is -2.13. The number of fused-ring (bicyclic) bond motifs is 1. The zero-order chi connectivity index (χ0) is 14.2. The van der Waals surface area contributed by atoms with Gasteiger partial charge in [0.25, 0.3) is 0 Å². The van der Waals surface area contributed by atoms with Gasteiger partial charge < -0.3 is 5.73 Å². The van der Waals surface area contributed by atoms with Crippen LogP contribution in [-0.2, 0) is 0 Å². The Bertz CT molecular complexity index is 771. The minimum atomic E-state index is -0.120. The fraction of sp³-hybridized carbons (Fsp3) is 0.278. The highest BCUT2D eigenvalue weighted by Gasteiger charge is 2.21. The lowest BCUT2D eigenvalue weighted by Crippen LogP contribution is -2.14. The second-order valence-corrected chi connectivity index (χ2v) is 5.91. The summed E-state index contributed by atoms with van der Waals surface area (Å²) in [4.78, 5) is 0. The molecule has 0 spiro atoms. The summed E-state index contributed by atoms with van der Waals surface area (Å²) in [7, 11) is 0. The number of rotatable bonds is 3. The quantitative estimate of drug-likeness (QED) is 0.794. The molecule has 3 heteroatoms. The zero-order valence-electron chi connectivity index (χ0n) is 11.9. The van der Waals surface area contributed by atoms with Gasteiger partial charge >= 0.3 is 0 Å². The molecule has 3 nitrogen and oxygen atoms in total. The van der Waals surface area contributed by atoms with E-state index in [1.807, 2.05) is 29.0 Å². The third kappa shape index (κ3) is 2.14. The van der Waals surface area contributed by atoms with Crippen molar-refractivity contribution in [2.45, 2.75) is 31.2 Å². The topological polar surface area (TPSA) is 43.3 Å². The van der Waals surface area contributed by atoms with E-state index in [4.69, 9.17) is 5.73 Å². The fourth-order valence-corrected chi connectivity index (χ4v) is 3.12. The summed E-state index contributed by atoms with van der Waals surface area (Å²) in [5.41, 5.74) is 11.3. The van der Waals surface area contributed by atoms with Crippen LogP contribution in [0.4, 0.5) is 0 Å². The summed E-state index contributed by atoms with van der Waals surface area (Å²) in [6.45, 7) is 0. The smallest absolute Gasteiger partial charge is 0.0712 e. The van der Waals surface area contributed by atoms with Gasteiger partial charge in [0.05, 0.1) is 17.8 Å². The summed E-state index contributed by atoms with van der Waals surface area (Å²) >= 11 is 0. The van der Waals surface area contributed by atoms with Crippen molar-refractivity contribution >= 4 is 5.52 Å². The minimum absolute atomic E-state index is 0.120. The maximum Gasteiger partial charge on any atom is 0.0712 e. The molecule has 106 valence electrons. The van der Waals surface area contributed by atoms with Crippen LogP contribution >= 0.6 is 0 Å². The molecule has 1 saturated carbocycles. The van der Waals surface area contributed by atoms with Gasteiger partial charge in [-0.2, -0.15) is 5.10 Å². The molecule has 0 radical (unpaired) electrons. The van der Waals surface area contributed by atoms with Gasteiger partial charge in [-0.25, -0.2) is 4.52 Å². The van der Waals surface area contributed by atoms with Crippen molar-refractivity contribution in [3.05, 3.63) is 71.5 Å². The Balaban J connectivity index is 1.72. The van der Waals surface area contributed by atoms with Crippen LogP contribution in [-0.4, -0.2) is 9.61 Å². The number of nitrogens with two attached hydrogens (primary N) is 1. The molecular formula is C18H19N3. The van der Waals surface area contributed by atoms with E-state index in [0.717, 1.165) is 17.0 Å². The van der Waals surface area contributed by atoms with Crippen molar-refractivity contribution < 1.29 is 0 Å². The van der Waals surface area contributed by atoms with Crippen LogP contribution in [0.5, 0.6) is 0 Å². The fourth-order valence-electron chi connectivity index (χ4n) is 3.12. The van der Waals surface area contributed by atoms with Gasteiger partial charge in [-0.1, -0.05) is 36.8 Å². The summed E-state index contributed by atoms with van der Waals surface area (Å²) < 4.78 is 1.88. The lowest BCUT2D eigenvalue weighted by Gasteiger charge is -2.26. The van der Waals surface area contributed by atoms with Crippen LogP contribution in [0.1, 0.15) is 47.9 Å². The summed E-state index contributed by atoms with van der Waals surface area (Å²) in [6, 6.07) is 14.7. The van der Waals surface area contributed by atoms with Gasteiger partial charge in [-0.05, 0) is 42.0 Å². The van der Waals surface area contributed by atoms with Gasteiger partial charge in [0, 0.05) is 11.8 Å². The molecule has 3 aromatic rings. The van der Waals surface area contributed by atoms with Crippen LogP contribution < -0.4 is 5.73 Å². The van der Waals surface area contributed by atoms with E-state index in [-0.39, 0.29) is 6.04 Å². The van der Waals surface area contributed by atoms with E-state index in [2.05, 4.69) is 35.4 Å². The van der Waals surface area contributed by atoms with Gasteiger partial charge in [-0.15, -0.1) is 0 Å². The Labute approximate surface area is 124 Å². The summed E-state index contributed by atoms with van der Waals surface area (Å²) in [5, 5.41) is 4.39. The number of hydrogen-bond donors (Lipinski definition) is 1. The van der Waals surface area contributed by atoms with E-state index < -0.39 is 0 Å². The van der Waals surface area contributed by atoms with E-state index in [0.29, 0.717) is 0 Å². The van der Waals surface area contributed by atoms with E-state index in [1.165, 1.54) is 30.4 Å². The molecule has 2 N–H and O–H groups in total. The summed E-state index contributed by atoms with van der Waals surface area (Å²) in [5.74, 6) is 0.737. The maximum absolute atomic E-state index is 6.50. The van der Waals surface area contributed by atoms with Crippen LogP contribution in [0, 0.1) is 0 Å². The molecule has 1 atom stereocenters. The van der Waals surface area contributed by atoms with Crippen LogP contribution in [0.3, 0.4) is 0 Å². The first kappa shape index (κ1) is 12.6. The van der Waals surface area contributed by atoms with Crippen LogP contribution in [0.2, 0.25) is 0 Å². The van der Waals surface area contributed by atoms with Crippen molar-refractivity contribution in [2.75, 3.05) is 0 Å². The van der Waals surface area contributed by atoms with E-state index in [9.17, 15) is 0 Å². The molecule has 2 aromatic heterocycles. The van der Waals surface area contributed by atoms with Gasteiger partial charge in [0.2, 0.25) is 0 Å². The minimum Gasteiger partial charge on any atom is -0.320 e. The van der Waals surface area contributed by atoms with E-state index >= 15 is 0 Å². The molecule has 4 rings (SSSR count). The van der Waals surface area contributed by atoms with Crippen molar-refractivity contribution in [1.82, 2.24) is 9.61 Å². The molecule has 1 aromatic carbocycles. The predicted molar refractivity (Wildman–Crippen MR) is 84.3 cm³/mol. The van der Waals surface area contributed by atoms with Crippen LogP contribution in [0.15, 0.2) is 54.9 Å². The molecular weight excluding hydrogens is 258 g/mol. The maximum atomic E-state index is 6.50. The normalized spacial score (nSPS) is 16.8. The van der Waals surface area contributed by atoms with Gasteiger partial charge in [0.1, 0.15) is 0 Å². The average molecular weight is 277 g/mol. The molecule has 1 aliphatic carbocycles. The SMILES string of the molecule is NC(c1cccc(C2CCC2)c1)c1cnn2ccccc12. The second kappa shape index (κ2) is 5.01. The first-order chi connectivity index (χ1) is 10.3. The zero-order valence-corrected chi connectivity index (χ0v) is 11.9. The van der Waals surface area contributed by atoms with E-state index in [1.54, 1.807) is 0 Å². The lowest BCUT2D eigenvalue weighted by molar-refractivity contribution is 0.419. The molecule has 21 heavy (non-hydrogen) atoms. The Morgan fingerprint density at radius 1 is 1.14 bits per heavy atom. The highest BCUT2D eigenvalue weighted by atomic mass is 15.2. The van der Waals surface area contributed by atoms with Crippen molar-refractivity contribution in [1.29, 1.82) is 0 Å². The average Bonchev–Trinajstić information content (AvgIpc) is 2.89. The van der Waals surface area contributed by atoms with Crippen molar-refractivity contribution in [3.8, 4) is 0 Å². The number of benzene rings is 1. The molecule has 0 amide bonds. The molecule has 2 heterocycles. The highest BCUT2D eigenvalue weighted by molar-refractivity contribution is 5.57. The lowest BCUT2D eigenvalue weighted by atomic mass is 9.79. The Morgan fingerprint density at radius 3 is 2.86 bits per heavy atom. The van der Waals surface area contributed by atoms with Crippen molar-refractivity contribution in [2.24, 2.45) is 5.73 Å². The largest absolute Gasteiger partial charge is 0.320 e. The molecule has 1 aliphatic rings. The molecule has 1 unspecified atom stereocenters. The highest BCUT2D eigenvalue weighted by Crippen LogP contribution is 2.37. The summed E-state index contributed by atoms with van der Waals surface area (Å²) in [6.07, 6.45) is 7.83.